The van der Waals surface area contributed by atoms with Crippen molar-refractivity contribution >= 4 is 29.0 Å². The van der Waals surface area contributed by atoms with Crippen molar-refractivity contribution in [3.8, 4) is 0 Å². The minimum absolute atomic E-state index is 0.141. The molecule has 94 valence electrons. The van der Waals surface area contributed by atoms with Crippen molar-refractivity contribution in [3.63, 3.8) is 0 Å². The lowest BCUT2D eigenvalue weighted by Crippen LogP contribution is -2.37. The Bertz CT molecular complexity index is 471. The second kappa shape index (κ2) is 5.27. The van der Waals surface area contributed by atoms with E-state index in [1.54, 1.807) is 0 Å². The molecule has 1 aliphatic rings. The van der Waals surface area contributed by atoms with Gasteiger partial charge in [-0.1, -0.05) is 42.5 Å². The van der Waals surface area contributed by atoms with Crippen LogP contribution in [0.25, 0.3) is 0 Å². The molecule has 0 saturated carbocycles. The summed E-state index contributed by atoms with van der Waals surface area (Å²) in [4.78, 5) is 24.8. The number of carbonyl (C=O) groups excluding carboxylic acids is 2. The molecule has 18 heavy (non-hydrogen) atoms. The Labute approximate surface area is 111 Å². The third kappa shape index (κ3) is 2.56. The van der Waals surface area contributed by atoms with Crippen LogP contribution in [-0.2, 0) is 9.59 Å². The molecule has 0 aromatic heterocycles. The second-order valence-electron chi connectivity index (χ2n) is 4.26. The summed E-state index contributed by atoms with van der Waals surface area (Å²) >= 11 is 5.04. The Balaban J connectivity index is 2.20. The molecule has 1 aromatic rings. The molecule has 1 aromatic carbocycles. The molecule has 4 nitrogen and oxygen atoms in total. The molecule has 1 aliphatic heterocycles. The summed E-state index contributed by atoms with van der Waals surface area (Å²) in [5.41, 5.74) is 6.65. The van der Waals surface area contributed by atoms with Gasteiger partial charge in [-0.25, -0.2) is 0 Å². The van der Waals surface area contributed by atoms with Crippen molar-refractivity contribution in [3.05, 3.63) is 35.9 Å². The fraction of sp³-hybridized carbons (Fsp3) is 0.308. The molecule has 2 rings (SSSR count). The van der Waals surface area contributed by atoms with Crippen molar-refractivity contribution in [1.82, 2.24) is 4.90 Å². The molecule has 0 aliphatic carbocycles. The number of imide groups is 1. The summed E-state index contributed by atoms with van der Waals surface area (Å²) in [6.07, 6.45) is 0.579. The van der Waals surface area contributed by atoms with Crippen LogP contribution in [0.15, 0.2) is 30.3 Å². The van der Waals surface area contributed by atoms with Gasteiger partial charge in [-0.2, -0.15) is 0 Å². The van der Waals surface area contributed by atoms with Crippen LogP contribution in [0, 0.1) is 0 Å². The summed E-state index contributed by atoms with van der Waals surface area (Å²) in [5, 5.41) is 0. The number of nitrogens with zero attached hydrogens (tertiary/aromatic N) is 1. The zero-order valence-electron chi connectivity index (χ0n) is 9.83. The Morgan fingerprint density at radius 1 is 1.22 bits per heavy atom. The van der Waals surface area contributed by atoms with Crippen LogP contribution in [0.5, 0.6) is 0 Å². The number of nitrogens with two attached hydrogens (primary N) is 1. The van der Waals surface area contributed by atoms with Crippen molar-refractivity contribution in [1.29, 1.82) is 0 Å². The maximum atomic E-state index is 11.6. The average molecular weight is 262 g/mol. The Hall–Kier alpha value is -1.75. The number of hydrogen-bond donors (Lipinski definition) is 1. The Morgan fingerprint density at radius 3 is 2.28 bits per heavy atom. The Morgan fingerprint density at radius 2 is 1.78 bits per heavy atom. The molecule has 1 saturated heterocycles. The van der Waals surface area contributed by atoms with Gasteiger partial charge >= 0.3 is 0 Å². The molecule has 1 unspecified atom stereocenters. The number of hydrogen-bond acceptors (Lipinski definition) is 3. The Kier molecular flexibility index (Phi) is 3.72. The standard InChI is InChI=1S/C13H14N2O2S/c14-13(18)10(9-4-2-1-3-5-9)8-15-11(16)6-7-12(15)17/h1-5,10H,6-8H2,(H2,14,18). The zero-order chi connectivity index (χ0) is 13.1. The summed E-state index contributed by atoms with van der Waals surface area (Å²) in [6, 6.07) is 9.46. The first-order valence-corrected chi connectivity index (χ1v) is 6.18. The molecule has 0 radical (unpaired) electrons. The number of benzene rings is 1. The van der Waals surface area contributed by atoms with E-state index in [-0.39, 0.29) is 37.1 Å². The van der Waals surface area contributed by atoms with E-state index < -0.39 is 0 Å². The molecule has 1 heterocycles. The lowest BCUT2D eigenvalue weighted by atomic mass is 9.98. The summed E-state index contributed by atoms with van der Waals surface area (Å²) in [6.45, 7) is 0.247. The maximum absolute atomic E-state index is 11.6. The van der Waals surface area contributed by atoms with E-state index in [2.05, 4.69) is 0 Å². The molecule has 0 bridgehead atoms. The van der Waals surface area contributed by atoms with Gasteiger partial charge in [0, 0.05) is 19.4 Å². The fourth-order valence-electron chi connectivity index (χ4n) is 2.05. The SMILES string of the molecule is NC(=S)C(CN1C(=O)CCC1=O)c1ccccc1. The summed E-state index contributed by atoms with van der Waals surface area (Å²) in [7, 11) is 0. The highest BCUT2D eigenvalue weighted by molar-refractivity contribution is 7.80. The quantitative estimate of drug-likeness (QED) is 0.654. The largest absolute Gasteiger partial charge is 0.393 e. The van der Waals surface area contributed by atoms with Gasteiger partial charge < -0.3 is 5.73 Å². The van der Waals surface area contributed by atoms with Crippen molar-refractivity contribution in [2.75, 3.05) is 6.54 Å². The van der Waals surface area contributed by atoms with E-state index in [1.165, 1.54) is 4.90 Å². The van der Waals surface area contributed by atoms with Gasteiger partial charge in [0.05, 0.1) is 10.9 Å². The number of amides is 2. The number of thiocarbonyl (C=S) groups is 1. The van der Waals surface area contributed by atoms with Crippen LogP contribution in [0.1, 0.15) is 24.3 Å². The lowest BCUT2D eigenvalue weighted by Gasteiger charge is -2.22. The van der Waals surface area contributed by atoms with Gasteiger partial charge in [0.25, 0.3) is 0 Å². The van der Waals surface area contributed by atoms with Crippen LogP contribution >= 0.6 is 12.2 Å². The molecule has 0 spiro atoms. The molecular formula is C13H14N2O2S. The molecule has 5 heteroatoms. The number of likely N-dealkylation sites (tertiary alicyclic amines) is 1. The van der Waals surface area contributed by atoms with Gasteiger partial charge in [0.1, 0.15) is 0 Å². The highest BCUT2D eigenvalue weighted by atomic mass is 32.1. The summed E-state index contributed by atoms with van der Waals surface area (Å²) < 4.78 is 0. The predicted octanol–water partition coefficient (Wildman–Crippen LogP) is 1.21. The van der Waals surface area contributed by atoms with Crippen LogP contribution in [0.4, 0.5) is 0 Å². The molecule has 1 fully saturated rings. The smallest absolute Gasteiger partial charge is 0.229 e. The van der Waals surface area contributed by atoms with E-state index in [4.69, 9.17) is 18.0 Å². The van der Waals surface area contributed by atoms with Crippen LogP contribution in [0.2, 0.25) is 0 Å². The third-order valence-corrected chi connectivity index (χ3v) is 3.35. The van der Waals surface area contributed by atoms with E-state index in [1.807, 2.05) is 30.3 Å². The van der Waals surface area contributed by atoms with Crippen LogP contribution in [-0.4, -0.2) is 28.2 Å². The topological polar surface area (TPSA) is 63.4 Å². The van der Waals surface area contributed by atoms with Gasteiger partial charge in [0.15, 0.2) is 0 Å². The third-order valence-electron chi connectivity index (χ3n) is 3.07. The van der Waals surface area contributed by atoms with Gasteiger partial charge in [-0.3, -0.25) is 14.5 Å². The van der Waals surface area contributed by atoms with Crippen molar-refractivity contribution in [2.45, 2.75) is 18.8 Å². The van der Waals surface area contributed by atoms with E-state index in [0.29, 0.717) is 4.99 Å². The van der Waals surface area contributed by atoms with E-state index in [9.17, 15) is 9.59 Å². The first kappa shape index (κ1) is 12.7. The first-order valence-electron chi connectivity index (χ1n) is 5.77. The van der Waals surface area contributed by atoms with Crippen molar-refractivity contribution in [2.24, 2.45) is 5.73 Å². The molecule has 2 amide bonds. The van der Waals surface area contributed by atoms with Gasteiger partial charge in [-0.05, 0) is 5.56 Å². The predicted molar refractivity (Wildman–Crippen MR) is 71.9 cm³/mol. The van der Waals surface area contributed by atoms with Gasteiger partial charge in [-0.15, -0.1) is 0 Å². The van der Waals surface area contributed by atoms with Crippen LogP contribution < -0.4 is 5.73 Å². The minimum atomic E-state index is -0.271. The first-order chi connectivity index (χ1) is 8.59. The lowest BCUT2D eigenvalue weighted by molar-refractivity contribution is -0.138. The van der Waals surface area contributed by atoms with Crippen LogP contribution in [0.3, 0.4) is 0 Å². The van der Waals surface area contributed by atoms with E-state index in [0.717, 1.165) is 5.56 Å². The summed E-state index contributed by atoms with van der Waals surface area (Å²) in [5.74, 6) is -0.554. The zero-order valence-corrected chi connectivity index (χ0v) is 10.7. The highest BCUT2D eigenvalue weighted by Crippen LogP contribution is 2.21. The fourth-order valence-corrected chi connectivity index (χ4v) is 2.26. The molecule has 1 atom stereocenters. The monoisotopic (exact) mass is 262 g/mol. The van der Waals surface area contributed by atoms with E-state index >= 15 is 0 Å². The molecule has 2 N–H and O–H groups in total. The highest BCUT2D eigenvalue weighted by Gasteiger charge is 2.31. The molecular weight excluding hydrogens is 248 g/mol. The second-order valence-corrected chi connectivity index (χ2v) is 4.74. The minimum Gasteiger partial charge on any atom is -0.393 e. The maximum Gasteiger partial charge on any atom is 0.229 e. The van der Waals surface area contributed by atoms with Crippen molar-refractivity contribution < 1.29 is 9.59 Å². The normalized spacial score (nSPS) is 17.0. The van der Waals surface area contributed by atoms with Gasteiger partial charge in [0.2, 0.25) is 11.8 Å². The average Bonchev–Trinajstić information content (AvgIpc) is 2.67. The number of carbonyl (C=O) groups is 2. The number of rotatable bonds is 4.